The molecular weight excluding hydrogens is 129 g/mol. The van der Waals surface area contributed by atoms with E-state index in [4.69, 9.17) is 0 Å². The van der Waals surface area contributed by atoms with Gasteiger partial charge in [-0.25, -0.2) is 0 Å². The Kier molecular flexibility index (Phi) is 2.17. The fourth-order valence-electron chi connectivity index (χ4n) is 1.41. The summed E-state index contributed by atoms with van der Waals surface area (Å²) in [5.41, 5.74) is 7.14. The lowest BCUT2D eigenvalue weighted by Crippen LogP contribution is -2.35. The zero-order valence-corrected chi connectivity index (χ0v) is 8.08. The van der Waals surface area contributed by atoms with Gasteiger partial charge in [-0.1, -0.05) is 33.6 Å². The monoisotopic (exact) mass is 142 g/mol. The van der Waals surface area contributed by atoms with Crippen molar-refractivity contribution in [2.24, 2.45) is 0 Å². The van der Waals surface area contributed by atoms with E-state index in [-0.39, 0.29) is 0 Å². The first-order valence-corrected chi connectivity index (χ1v) is 4.08. The van der Waals surface area contributed by atoms with Gasteiger partial charge in [0.25, 0.3) is 0 Å². The number of hydrogen-bond acceptors (Lipinski definition) is 0. The molecule has 0 N–H and O–H groups in total. The summed E-state index contributed by atoms with van der Waals surface area (Å²) in [6, 6.07) is 2.26. The third-order valence-electron chi connectivity index (χ3n) is 2.74. The molecule has 1 rings (SSSR count). The van der Waals surface area contributed by atoms with Crippen LogP contribution in [0.15, 0.2) is 6.07 Å². The lowest BCUT2D eigenvalue weighted by Gasteiger charge is -2.11. The Hall–Kier alpha value is -0.585. The highest BCUT2D eigenvalue weighted by Gasteiger charge is 2.01. The Morgan fingerprint density at radius 1 is 1.00 bits per heavy atom. The zero-order chi connectivity index (χ0) is 8.59. The first kappa shape index (κ1) is 8.51. The van der Waals surface area contributed by atoms with Gasteiger partial charge in [-0.05, 0) is 13.8 Å². The van der Waals surface area contributed by atoms with Crippen LogP contribution in [0.2, 0.25) is 0 Å². The van der Waals surface area contributed by atoms with Crippen LogP contribution in [0.5, 0.6) is 0 Å². The van der Waals surface area contributed by atoms with Crippen LogP contribution in [0.1, 0.15) is 11.1 Å². The Morgan fingerprint density at radius 2 is 1.55 bits per heavy atom. The molecule has 0 heterocycles. The van der Waals surface area contributed by atoms with Gasteiger partial charge in [-0.2, -0.15) is 0 Å². The molecule has 3 heteroatoms. The molecule has 0 radical (unpaired) electrons. The standard InChI is InChI=1S/C8H13B3/c1-4-3-6(9)5(2)8(11)7(4)10/h3H,9-11H2,1-2H3. The minimum atomic E-state index is 1.41. The van der Waals surface area contributed by atoms with E-state index < -0.39 is 0 Å². The Morgan fingerprint density at radius 3 is 2.09 bits per heavy atom. The van der Waals surface area contributed by atoms with Crippen LogP contribution in [-0.2, 0) is 0 Å². The maximum Gasteiger partial charge on any atom is 0.139 e. The van der Waals surface area contributed by atoms with Gasteiger partial charge < -0.3 is 0 Å². The van der Waals surface area contributed by atoms with Crippen molar-refractivity contribution >= 4 is 39.9 Å². The molecule has 11 heavy (non-hydrogen) atoms. The molecule has 0 spiro atoms. The van der Waals surface area contributed by atoms with Crippen molar-refractivity contribution in [2.75, 3.05) is 0 Å². The van der Waals surface area contributed by atoms with Gasteiger partial charge in [-0.15, -0.1) is 0 Å². The van der Waals surface area contributed by atoms with Crippen LogP contribution in [-0.4, -0.2) is 23.5 Å². The first-order chi connectivity index (χ1) is 5.04. The normalized spacial score (nSPS) is 10.0. The average Bonchev–Trinajstić information content (AvgIpc) is 1.97. The van der Waals surface area contributed by atoms with Gasteiger partial charge in [-0.3, -0.25) is 0 Å². The van der Waals surface area contributed by atoms with Crippen molar-refractivity contribution in [1.29, 1.82) is 0 Å². The average molecular weight is 142 g/mol. The molecule has 54 valence electrons. The molecule has 1 aromatic rings. The van der Waals surface area contributed by atoms with E-state index in [1.54, 1.807) is 0 Å². The fraction of sp³-hybridized carbons (Fsp3) is 0.250. The van der Waals surface area contributed by atoms with Gasteiger partial charge >= 0.3 is 0 Å². The highest BCUT2D eigenvalue weighted by molar-refractivity contribution is 6.51. The van der Waals surface area contributed by atoms with Gasteiger partial charge in [0, 0.05) is 0 Å². The molecule has 0 aliphatic carbocycles. The Labute approximate surface area is 71.6 Å². The van der Waals surface area contributed by atoms with Crippen LogP contribution in [0.4, 0.5) is 0 Å². The summed E-state index contributed by atoms with van der Waals surface area (Å²) in [6.07, 6.45) is 0. The molecule has 1 aromatic carbocycles. The summed E-state index contributed by atoms with van der Waals surface area (Å²) >= 11 is 0. The molecule has 0 fully saturated rings. The molecule has 0 atom stereocenters. The summed E-state index contributed by atoms with van der Waals surface area (Å²) in [4.78, 5) is 0. The van der Waals surface area contributed by atoms with E-state index in [1.807, 2.05) is 0 Å². The van der Waals surface area contributed by atoms with Crippen LogP contribution in [0, 0.1) is 13.8 Å². The summed E-state index contributed by atoms with van der Waals surface area (Å²) in [6.45, 7) is 4.37. The highest BCUT2D eigenvalue weighted by atomic mass is 14.0. The van der Waals surface area contributed by atoms with Crippen molar-refractivity contribution < 1.29 is 0 Å². The second kappa shape index (κ2) is 2.81. The van der Waals surface area contributed by atoms with E-state index in [9.17, 15) is 0 Å². The summed E-state index contributed by atoms with van der Waals surface area (Å²) in [7, 11) is 6.57. The SMILES string of the molecule is Bc1cc(C)c(B)c(B)c1C. The van der Waals surface area contributed by atoms with E-state index in [0.29, 0.717) is 0 Å². The number of hydrogen-bond donors (Lipinski definition) is 0. The van der Waals surface area contributed by atoms with Gasteiger partial charge in [0.05, 0.1) is 0 Å². The van der Waals surface area contributed by atoms with Crippen LogP contribution >= 0.6 is 0 Å². The van der Waals surface area contributed by atoms with Gasteiger partial charge in [0.1, 0.15) is 23.5 Å². The number of aryl methyl sites for hydroxylation is 1. The second-order valence-electron chi connectivity index (χ2n) is 3.39. The third-order valence-corrected chi connectivity index (χ3v) is 2.74. The second-order valence-corrected chi connectivity index (χ2v) is 3.39. The van der Waals surface area contributed by atoms with E-state index >= 15 is 0 Å². The lowest BCUT2D eigenvalue weighted by atomic mass is 9.71. The van der Waals surface area contributed by atoms with Crippen LogP contribution < -0.4 is 16.4 Å². The number of rotatable bonds is 0. The Bertz CT molecular complexity index is 266. The summed E-state index contributed by atoms with van der Waals surface area (Å²) in [5.74, 6) is 0. The predicted molar refractivity (Wildman–Crippen MR) is 60.5 cm³/mol. The van der Waals surface area contributed by atoms with Crippen LogP contribution in [0.3, 0.4) is 0 Å². The van der Waals surface area contributed by atoms with Crippen molar-refractivity contribution in [2.45, 2.75) is 13.8 Å². The van der Waals surface area contributed by atoms with E-state index in [2.05, 4.69) is 43.5 Å². The van der Waals surface area contributed by atoms with Crippen molar-refractivity contribution in [3.8, 4) is 0 Å². The van der Waals surface area contributed by atoms with E-state index in [0.717, 1.165) is 0 Å². The van der Waals surface area contributed by atoms with E-state index in [1.165, 1.54) is 27.5 Å². The summed E-state index contributed by atoms with van der Waals surface area (Å²) < 4.78 is 0. The molecule has 0 bridgehead atoms. The minimum Gasteiger partial charge on any atom is -0.0926 e. The molecule has 0 aliphatic heterocycles. The number of benzene rings is 1. The molecule has 0 saturated heterocycles. The third kappa shape index (κ3) is 1.37. The lowest BCUT2D eigenvalue weighted by molar-refractivity contribution is 1.50. The maximum absolute atomic E-state index is 2.26. The van der Waals surface area contributed by atoms with Gasteiger partial charge in [0.15, 0.2) is 0 Å². The molecule has 0 amide bonds. The molecule has 0 saturated carbocycles. The molecule has 0 nitrogen and oxygen atoms in total. The fourth-order valence-corrected chi connectivity index (χ4v) is 1.41. The van der Waals surface area contributed by atoms with Crippen LogP contribution in [0.25, 0.3) is 0 Å². The highest BCUT2D eigenvalue weighted by Crippen LogP contribution is 1.90. The van der Waals surface area contributed by atoms with Crippen molar-refractivity contribution in [3.05, 3.63) is 17.2 Å². The predicted octanol–water partition coefficient (Wildman–Crippen LogP) is -2.92. The minimum absolute atomic E-state index is 1.41. The maximum atomic E-state index is 2.26. The Balaban J connectivity index is 3.46. The molecular formula is C8H13B3. The largest absolute Gasteiger partial charge is 0.139 e. The molecule has 0 aliphatic rings. The zero-order valence-electron chi connectivity index (χ0n) is 8.08. The smallest absolute Gasteiger partial charge is 0.0926 e. The van der Waals surface area contributed by atoms with Crippen molar-refractivity contribution in [3.63, 3.8) is 0 Å². The van der Waals surface area contributed by atoms with Crippen molar-refractivity contribution in [1.82, 2.24) is 0 Å². The van der Waals surface area contributed by atoms with Gasteiger partial charge in [0.2, 0.25) is 0 Å². The topological polar surface area (TPSA) is 0 Å². The molecule has 0 unspecified atom stereocenters. The first-order valence-electron chi connectivity index (χ1n) is 4.08. The quantitative estimate of drug-likeness (QED) is 0.340. The molecule has 0 aromatic heterocycles. The summed E-state index contributed by atoms with van der Waals surface area (Å²) in [5, 5.41) is 0.